The van der Waals surface area contributed by atoms with Crippen LogP contribution in [-0.4, -0.2) is 50.6 Å². The molecule has 5 nitrogen and oxygen atoms in total. The highest BCUT2D eigenvalue weighted by Gasteiger charge is 2.41. The molecule has 1 aliphatic rings. The van der Waals surface area contributed by atoms with E-state index in [1.807, 2.05) is 44.1 Å². The van der Waals surface area contributed by atoms with Crippen LogP contribution in [0.4, 0.5) is 5.69 Å². The van der Waals surface area contributed by atoms with E-state index in [0.29, 0.717) is 0 Å². The molecule has 116 valence electrons. The van der Waals surface area contributed by atoms with Crippen molar-refractivity contribution in [2.75, 3.05) is 39.6 Å². The summed E-state index contributed by atoms with van der Waals surface area (Å²) in [4.78, 5) is 14.9. The molecule has 2 N–H and O–H groups in total. The summed E-state index contributed by atoms with van der Waals surface area (Å²) >= 11 is 0. The molecular formula is C16H25N3O2. The van der Waals surface area contributed by atoms with Gasteiger partial charge in [-0.15, -0.1) is 0 Å². The van der Waals surface area contributed by atoms with Crippen LogP contribution < -0.4 is 15.4 Å². The van der Waals surface area contributed by atoms with Gasteiger partial charge in [0.2, 0.25) is 5.91 Å². The first kappa shape index (κ1) is 15.8. The summed E-state index contributed by atoms with van der Waals surface area (Å²) in [5.74, 6) is 0.872. The van der Waals surface area contributed by atoms with Crippen LogP contribution in [-0.2, 0) is 4.79 Å². The van der Waals surface area contributed by atoms with Crippen LogP contribution in [0.5, 0.6) is 5.75 Å². The van der Waals surface area contributed by atoms with Gasteiger partial charge in [-0.2, -0.15) is 0 Å². The van der Waals surface area contributed by atoms with Gasteiger partial charge in [0.1, 0.15) is 11.3 Å². The summed E-state index contributed by atoms with van der Waals surface area (Å²) in [6.45, 7) is 3.71. The summed E-state index contributed by atoms with van der Waals surface area (Å²) in [6, 6.07) is 5.70. The monoisotopic (exact) mass is 291 g/mol. The number of anilines is 1. The third-order valence-corrected chi connectivity index (χ3v) is 4.39. The number of piperidine rings is 1. The molecule has 1 fully saturated rings. The lowest BCUT2D eigenvalue weighted by atomic mass is 9.86. The molecule has 5 heteroatoms. The zero-order valence-electron chi connectivity index (χ0n) is 13.3. The van der Waals surface area contributed by atoms with Gasteiger partial charge < -0.3 is 15.4 Å². The Hall–Kier alpha value is -1.59. The van der Waals surface area contributed by atoms with E-state index in [1.54, 1.807) is 7.11 Å². The maximum Gasteiger partial charge on any atom is 0.244 e. The third kappa shape index (κ3) is 3.19. The zero-order chi connectivity index (χ0) is 15.5. The fourth-order valence-corrected chi connectivity index (χ4v) is 2.86. The quantitative estimate of drug-likeness (QED) is 0.885. The number of rotatable bonds is 4. The molecule has 0 saturated carbocycles. The normalized spacial score (nSPS) is 17.6. The molecule has 0 bridgehead atoms. The number of benzene rings is 1. The molecule has 1 aromatic rings. The van der Waals surface area contributed by atoms with Crippen molar-refractivity contribution < 1.29 is 9.53 Å². The Labute approximate surface area is 126 Å². The lowest BCUT2D eigenvalue weighted by molar-refractivity contribution is -0.128. The van der Waals surface area contributed by atoms with Gasteiger partial charge in [-0.1, -0.05) is 0 Å². The van der Waals surface area contributed by atoms with Gasteiger partial charge in [0.15, 0.2) is 0 Å². The average Bonchev–Trinajstić information content (AvgIpc) is 2.49. The van der Waals surface area contributed by atoms with Gasteiger partial charge in [-0.05, 0) is 70.7 Å². The number of hydrogen-bond donors (Lipinski definition) is 2. The molecule has 0 atom stereocenters. The van der Waals surface area contributed by atoms with E-state index >= 15 is 0 Å². The molecule has 21 heavy (non-hydrogen) atoms. The van der Waals surface area contributed by atoms with Crippen LogP contribution in [0, 0.1) is 6.92 Å². The molecule has 1 saturated heterocycles. The number of hydrogen-bond acceptors (Lipinski definition) is 4. The molecule has 1 aliphatic heterocycles. The molecule has 1 aromatic carbocycles. The van der Waals surface area contributed by atoms with Crippen molar-refractivity contribution in [1.29, 1.82) is 0 Å². The molecule has 0 aromatic heterocycles. The average molecular weight is 291 g/mol. The van der Waals surface area contributed by atoms with Crippen LogP contribution in [0.1, 0.15) is 18.4 Å². The van der Waals surface area contributed by atoms with E-state index in [9.17, 15) is 4.79 Å². The lowest BCUT2D eigenvalue weighted by Gasteiger charge is -2.41. The van der Waals surface area contributed by atoms with Crippen LogP contribution >= 0.6 is 0 Å². The molecule has 0 aliphatic carbocycles. The van der Waals surface area contributed by atoms with E-state index in [4.69, 9.17) is 4.74 Å². The molecule has 2 rings (SSSR count). The van der Waals surface area contributed by atoms with Crippen LogP contribution in [0.3, 0.4) is 0 Å². The Morgan fingerprint density at radius 3 is 2.52 bits per heavy atom. The van der Waals surface area contributed by atoms with E-state index in [1.165, 1.54) is 0 Å². The number of methoxy groups -OCH3 is 1. The molecule has 1 heterocycles. The van der Waals surface area contributed by atoms with Crippen LogP contribution in [0.15, 0.2) is 18.2 Å². The van der Waals surface area contributed by atoms with Crippen molar-refractivity contribution in [3.63, 3.8) is 0 Å². The fourth-order valence-electron chi connectivity index (χ4n) is 2.86. The number of carbonyl (C=O) groups is 1. The minimum absolute atomic E-state index is 0.0715. The second-order valence-corrected chi connectivity index (χ2v) is 5.81. The van der Waals surface area contributed by atoms with E-state index in [0.717, 1.165) is 42.9 Å². The van der Waals surface area contributed by atoms with Crippen LogP contribution in [0.2, 0.25) is 0 Å². The van der Waals surface area contributed by atoms with E-state index in [2.05, 4.69) is 10.6 Å². The van der Waals surface area contributed by atoms with Gasteiger partial charge in [0.25, 0.3) is 0 Å². The maximum atomic E-state index is 12.8. The fraction of sp³-hybridized carbons (Fsp3) is 0.562. The summed E-state index contributed by atoms with van der Waals surface area (Å²) < 4.78 is 5.20. The van der Waals surface area contributed by atoms with Crippen LogP contribution in [0.25, 0.3) is 0 Å². The number of aryl methyl sites for hydroxylation is 1. The van der Waals surface area contributed by atoms with Gasteiger partial charge >= 0.3 is 0 Å². The molecule has 0 radical (unpaired) electrons. The Morgan fingerprint density at radius 2 is 2.00 bits per heavy atom. The van der Waals surface area contributed by atoms with Gasteiger partial charge in [0, 0.05) is 5.69 Å². The maximum absolute atomic E-state index is 12.8. The number of carbonyl (C=O) groups excluding carboxylic acids is 1. The van der Waals surface area contributed by atoms with E-state index in [-0.39, 0.29) is 5.91 Å². The smallest absolute Gasteiger partial charge is 0.244 e. The predicted octanol–water partition coefficient (Wildman–Crippen LogP) is 1.63. The number of amides is 1. The Kier molecular flexibility index (Phi) is 4.85. The number of nitrogens with zero attached hydrogens (tertiary/aromatic N) is 1. The predicted molar refractivity (Wildman–Crippen MR) is 84.9 cm³/mol. The molecule has 1 amide bonds. The second-order valence-electron chi connectivity index (χ2n) is 5.81. The Bertz CT molecular complexity index is 508. The third-order valence-electron chi connectivity index (χ3n) is 4.39. The minimum atomic E-state index is -0.433. The van der Waals surface area contributed by atoms with Crippen molar-refractivity contribution in [2.45, 2.75) is 25.3 Å². The molecular weight excluding hydrogens is 266 g/mol. The zero-order valence-corrected chi connectivity index (χ0v) is 13.3. The highest BCUT2D eigenvalue weighted by molar-refractivity contribution is 5.98. The highest BCUT2D eigenvalue weighted by atomic mass is 16.5. The van der Waals surface area contributed by atoms with Crippen molar-refractivity contribution >= 4 is 11.6 Å². The molecule has 0 unspecified atom stereocenters. The number of ether oxygens (including phenoxy) is 1. The Morgan fingerprint density at radius 1 is 1.33 bits per heavy atom. The first-order valence-electron chi connectivity index (χ1n) is 7.34. The van der Waals surface area contributed by atoms with Crippen molar-refractivity contribution in [1.82, 2.24) is 10.2 Å². The number of nitrogens with one attached hydrogen (secondary N) is 2. The van der Waals surface area contributed by atoms with Gasteiger partial charge in [-0.25, -0.2) is 0 Å². The topological polar surface area (TPSA) is 53.6 Å². The summed E-state index contributed by atoms with van der Waals surface area (Å²) in [5, 5.41) is 6.41. The van der Waals surface area contributed by atoms with Crippen molar-refractivity contribution in [3.8, 4) is 5.75 Å². The summed E-state index contributed by atoms with van der Waals surface area (Å²) in [6.07, 6.45) is 1.64. The first-order valence-corrected chi connectivity index (χ1v) is 7.34. The number of likely N-dealkylation sites (N-methyl/N-ethyl adjacent to an activating group) is 1. The largest absolute Gasteiger partial charge is 0.497 e. The molecule has 0 spiro atoms. The first-order chi connectivity index (χ1) is 9.99. The Balaban J connectivity index is 2.19. The van der Waals surface area contributed by atoms with Gasteiger partial charge in [-0.3, -0.25) is 9.69 Å². The minimum Gasteiger partial charge on any atom is -0.497 e. The SMILES string of the molecule is COc1ccc(NC(=O)C2(N(C)C)CCNCC2)c(C)c1. The van der Waals surface area contributed by atoms with Crippen molar-refractivity contribution in [3.05, 3.63) is 23.8 Å². The summed E-state index contributed by atoms with van der Waals surface area (Å²) in [5.41, 5.74) is 1.42. The highest BCUT2D eigenvalue weighted by Crippen LogP contribution is 2.28. The van der Waals surface area contributed by atoms with E-state index < -0.39 is 5.54 Å². The second kappa shape index (κ2) is 6.45. The van der Waals surface area contributed by atoms with Gasteiger partial charge in [0.05, 0.1) is 7.11 Å². The lowest BCUT2D eigenvalue weighted by Crippen LogP contribution is -2.58. The van der Waals surface area contributed by atoms with Crippen molar-refractivity contribution in [2.24, 2.45) is 0 Å². The standard InChI is InChI=1S/C16H25N3O2/c1-12-11-13(21-4)5-6-14(12)18-15(20)16(19(2)3)7-9-17-10-8-16/h5-6,11,17H,7-10H2,1-4H3,(H,18,20). The summed E-state index contributed by atoms with van der Waals surface area (Å²) in [7, 11) is 5.60.